The number of rotatable bonds is 6. The Balaban J connectivity index is 1.47. The van der Waals surface area contributed by atoms with Gasteiger partial charge in [0.2, 0.25) is 11.9 Å². The second-order valence-electron chi connectivity index (χ2n) is 7.07. The maximum absolute atomic E-state index is 5.96. The second-order valence-corrected chi connectivity index (χ2v) is 7.07. The van der Waals surface area contributed by atoms with Gasteiger partial charge in [-0.25, -0.2) is 0 Å². The molecule has 0 radical (unpaired) electrons. The summed E-state index contributed by atoms with van der Waals surface area (Å²) in [6, 6.07) is 18.4. The van der Waals surface area contributed by atoms with Crippen LogP contribution >= 0.6 is 0 Å². The third kappa shape index (κ3) is 4.88. The first-order valence-corrected chi connectivity index (χ1v) is 9.95. The molecule has 1 aromatic heterocycles. The Hall–Kier alpha value is -3.03. The molecule has 1 aliphatic rings. The summed E-state index contributed by atoms with van der Waals surface area (Å²) in [7, 11) is 0. The molecule has 2 heterocycles. The Bertz CT molecular complexity index is 949. The van der Waals surface area contributed by atoms with Crippen LogP contribution < -0.4 is 11.1 Å². The van der Waals surface area contributed by atoms with Gasteiger partial charge in [0.05, 0.1) is 19.3 Å². The number of nitrogens with one attached hydrogen (secondary N) is 1. The Morgan fingerprint density at radius 1 is 1.07 bits per heavy atom. The van der Waals surface area contributed by atoms with Crippen LogP contribution in [0.4, 0.5) is 17.6 Å². The van der Waals surface area contributed by atoms with Crippen LogP contribution in [-0.2, 0) is 17.7 Å². The highest BCUT2D eigenvalue weighted by Gasteiger charge is 2.23. The van der Waals surface area contributed by atoms with Gasteiger partial charge < -0.3 is 15.8 Å². The predicted molar refractivity (Wildman–Crippen MR) is 114 cm³/mol. The summed E-state index contributed by atoms with van der Waals surface area (Å²) in [6.07, 6.45) is 0.976. The van der Waals surface area contributed by atoms with Crippen molar-refractivity contribution in [2.75, 3.05) is 30.7 Å². The molecule has 1 saturated heterocycles. The standard InChI is InChI=1S/C22H26N6O/c1-2-16-8-6-7-11-18(16)24-22-26-20(25-21(23)27-22)15-28-12-13-29-19(14-28)17-9-4-3-5-10-17/h3-11,19H,2,12-15H2,1H3,(H3,23,24,25,26,27)/t19-/m0/s1. The van der Waals surface area contributed by atoms with Gasteiger partial charge in [0.15, 0.2) is 0 Å². The van der Waals surface area contributed by atoms with Crippen molar-refractivity contribution in [3.8, 4) is 0 Å². The van der Waals surface area contributed by atoms with Gasteiger partial charge in [-0.05, 0) is 23.6 Å². The van der Waals surface area contributed by atoms with Crippen LogP contribution in [0.5, 0.6) is 0 Å². The third-order valence-corrected chi connectivity index (χ3v) is 5.03. The number of hydrogen-bond donors (Lipinski definition) is 2. The van der Waals surface area contributed by atoms with E-state index in [0.717, 1.165) is 25.2 Å². The van der Waals surface area contributed by atoms with Crippen molar-refractivity contribution in [2.24, 2.45) is 0 Å². The number of benzene rings is 2. The number of para-hydroxylation sites is 1. The lowest BCUT2D eigenvalue weighted by atomic mass is 10.1. The monoisotopic (exact) mass is 390 g/mol. The van der Waals surface area contributed by atoms with E-state index in [1.165, 1.54) is 11.1 Å². The number of ether oxygens (including phenoxy) is 1. The van der Waals surface area contributed by atoms with E-state index in [-0.39, 0.29) is 12.1 Å². The molecular weight excluding hydrogens is 364 g/mol. The smallest absolute Gasteiger partial charge is 0.232 e. The van der Waals surface area contributed by atoms with E-state index in [9.17, 15) is 0 Å². The first kappa shape index (κ1) is 19.3. The summed E-state index contributed by atoms with van der Waals surface area (Å²) < 4.78 is 5.95. The van der Waals surface area contributed by atoms with E-state index < -0.39 is 0 Å². The van der Waals surface area contributed by atoms with E-state index in [2.05, 4.69) is 50.3 Å². The number of nitrogen functional groups attached to an aromatic ring is 1. The summed E-state index contributed by atoms with van der Waals surface area (Å²) in [6.45, 7) is 5.02. The minimum Gasteiger partial charge on any atom is -0.371 e. The second kappa shape index (κ2) is 8.98. The molecule has 0 amide bonds. The fraction of sp³-hybridized carbons (Fsp3) is 0.318. The summed E-state index contributed by atoms with van der Waals surface area (Å²) in [4.78, 5) is 15.5. The van der Waals surface area contributed by atoms with E-state index in [4.69, 9.17) is 10.5 Å². The number of aromatic nitrogens is 3. The SMILES string of the molecule is CCc1ccccc1Nc1nc(N)nc(CN2CCO[C@H](c3ccccc3)C2)n1. The van der Waals surface area contributed by atoms with Gasteiger partial charge in [0.25, 0.3) is 0 Å². The number of morpholine rings is 1. The van der Waals surface area contributed by atoms with Gasteiger partial charge in [-0.2, -0.15) is 15.0 Å². The molecule has 4 rings (SSSR count). The zero-order valence-corrected chi connectivity index (χ0v) is 16.6. The molecule has 150 valence electrons. The normalized spacial score (nSPS) is 17.2. The molecule has 3 N–H and O–H groups in total. The highest BCUT2D eigenvalue weighted by atomic mass is 16.5. The van der Waals surface area contributed by atoms with Gasteiger partial charge >= 0.3 is 0 Å². The van der Waals surface area contributed by atoms with Crippen LogP contribution in [0.3, 0.4) is 0 Å². The Labute approximate surface area is 171 Å². The maximum atomic E-state index is 5.96. The van der Waals surface area contributed by atoms with Crippen molar-refractivity contribution in [3.63, 3.8) is 0 Å². The quantitative estimate of drug-likeness (QED) is 0.667. The van der Waals surface area contributed by atoms with E-state index in [1.54, 1.807) is 0 Å². The molecule has 0 aliphatic carbocycles. The summed E-state index contributed by atoms with van der Waals surface area (Å²) >= 11 is 0. The third-order valence-electron chi connectivity index (χ3n) is 5.03. The Morgan fingerprint density at radius 3 is 2.69 bits per heavy atom. The summed E-state index contributed by atoms with van der Waals surface area (Å²) in [5.74, 6) is 1.35. The van der Waals surface area contributed by atoms with E-state index in [1.807, 2.05) is 36.4 Å². The van der Waals surface area contributed by atoms with Crippen molar-refractivity contribution < 1.29 is 4.74 Å². The van der Waals surface area contributed by atoms with Crippen molar-refractivity contribution in [2.45, 2.75) is 26.0 Å². The van der Waals surface area contributed by atoms with Crippen LogP contribution in [0.15, 0.2) is 54.6 Å². The average Bonchev–Trinajstić information content (AvgIpc) is 2.74. The van der Waals surface area contributed by atoms with Crippen LogP contribution in [0.25, 0.3) is 0 Å². The molecule has 0 unspecified atom stereocenters. The molecule has 1 atom stereocenters. The molecule has 1 fully saturated rings. The molecule has 2 aromatic carbocycles. The first-order valence-electron chi connectivity index (χ1n) is 9.95. The zero-order chi connectivity index (χ0) is 20.1. The Kier molecular flexibility index (Phi) is 5.97. The topological polar surface area (TPSA) is 89.2 Å². The fourth-order valence-corrected chi connectivity index (χ4v) is 3.55. The lowest BCUT2D eigenvalue weighted by Crippen LogP contribution is -2.38. The van der Waals surface area contributed by atoms with Gasteiger partial charge in [0.1, 0.15) is 5.82 Å². The van der Waals surface area contributed by atoms with Crippen molar-refractivity contribution in [1.29, 1.82) is 0 Å². The predicted octanol–water partition coefficient (Wildman–Crippen LogP) is 3.33. The number of anilines is 3. The highest BCUT2D eigenvalue weighted by Crippen LogP contribution is 2.23. The van der Waals surface area contributed by atoms with Crippen molar-refractivity contribution in [3.05, 3.63) is 71.5 Å². The molecule has 0 bridgehead atoms. The molecule has 0 saturated carbocycles. The van der Waals surface area contributed by atoms with Crippen molar-refractivity contribution in [1.82, 2.24) is 19.9 Å². The molecule has 7 nitrogen and oxygen atoms in total. The minimum atomic E-state index is 0.0539. The van der Waals surface area contributed by atoms with Gasteiger partial charge in [-0.15, -0.1) is 0 Å². The number of nitrogens with two attached hydrogens (primary N) is 1. The van der Waals surface area contributed by atoms with Crippen LogP contribution in [0.2, 0.25) is 0 Å². The number of nitrogens with zero attached hydrogens (tertiary/aromatic N) is 4. The fourth-order valence-electron chi connectivity index (χ4n) is 3.55. The molecule has 1 aliphatic heterocycles. The van der Waals surface area contributed by atoms with Crippen molar-refractivity contribution >= 4 is 17.6 Å². The minimum absolute atomic E-state index is 0.0539. The van der Waals surface area contributed by atoms with Gasteiger partial charge in [0, 0.05) is 18.8 Å². The summed E-state index contributed by atoms with van der Waals surface area (Å²) in [5, 5.41) is 3.29. The average molecular weight is 390 g/mol. The number of aryl methyl sites for hydroxylation is 1. The summed E-state index contributed by atoms with van der Waals surface area (Å²) in [5.41, 5.74) is 9.34. The van der Waals surface area contributed by atoms with Crippen LogP contribution in [0.1, 0.15) is 30.0 Å². The highest BCUT2D eigenvalue weighted by molar-refractivity contribution is 5.58. The molecule has 29 heavy (non-hydrogen) atoms. The molecule has 3 aromatic rings. The first-order chi connectivity index (χ1) is 14.2. The lowest BCUT2D eigenvalue weighted by Gasteiger charge is -2.32. The molecule has 0 spiro atoms. The van der Waals surface area contributed by atoms with Gasteiger partial charge in [-0.1, -0.05) is 55.5 Å². The Morgan fingerprint density at radius 2 is 1.86 bits per heavy atom. The van der Waals surface area contributed by atoms with E-state index in [0.29, 0.717) is 24.9 Å². The van der Waals surface area contributed by atoms with Crippen LogP contribution in [0, 0.1) is 0 Å². The van der Waals surface area contributed by atoms with E-state index >= 15 is 0 Å². The molecular formula is C22H26N6O. The largest absolute Gasteiger partial charge is 0.371 e. The zero-order valence-electron chi connectivity index (χ0n) is 16.6. The lowest BCUT2D eigenvalue weighted by molar-refractivity contribution is -0.0336. The molecule has 7 heteroatoms. The van der Waals surface area contributed by atoms with Crippen LogP contribution in [-0.4, -0.2) is 39.5 Å². The number of hydrogen-bond acceptors (Lipinski definition) is 7. The maximum Gasteiger partial charge on any atom is 0.232 e. The van der Waals surface area contributed by atoms with Gasteiger partial charge in [-0.3, -0.25) is 4.90 Å².